The summed E-state index contributed by atoms with van der Waals surface area (Å²) in [5, 5.41) is 0. The van der Waals surface area contributed by atoms with Crippen LogP contribution in [0.15, 0.2) is 12.2 Å². The molecular formula is C11H6F12O2. The van der Waals surface area contributed by atoms with Gasteiger partial charge in [0.05, 0.1) is 0 Å². The molecule has 2 atom stereocenters. The normalized spacial score (nSPS) is 34.7. The first-order valence-electron chi connectivity index (χ1n) is 5.84. The van der Waals surface area contributed by atoms with Crippen LogP contribution < -0.4 is 0 Å². The molecule has 0 heterocycles. The Morgan fingerprint density at radius 3 is 1.52 bits per heavy atom. The van der Waals surface area contributed by atoms with E-state index in [1.165, 1.54) is 0 Å². The van der Waals surface area contributed by atoms with E-state index in [4.69, 9.17) is 0 Å². The minimum absolute atomic E-state index is 0.521. The predicted molar refractivity (Wildman–Crippen MR) is 54.4 cm³/mol. The molecule has 2 unspecified atom stereocenters. The van der Waals surface area contributed by atoms with E-state index in [1.54, 1.807) is 0 Å². The Bertz CT molecular complexity index is 598. The molecule has 2 nitrogen and oxygen atoms in total. The van der Waals surface area contributed by atoms with Gasteiger partial charge >= 0.3 is 41.4 Å². The van der Waals surface area contributed by atoms with Gasteiger partial charge in [-0.25, -0.2) is 9.18 Å². The second-order valence-corrected chi connectivity index (χ2v) is 5.10. The summed E-state index contributed by atoms with van der Waals surface area (Å²) in [6.45, 7) is 3.12. The summed E-state index contributed by atoms with van der Waals surface area (Å²) in [4.78, 5) is 11.0. The number of halogens is 12. The third-order valence-electron chi connectivity index (χ3n) is 3.26. The molecule has 25 heavy (non-hydrogen) atoms. The van der Waals surface area contributed by atoms with E-state index in [-0.39, 0.29) is 0 Å². The average molecular weight is 398 g/mol. The average Bonchev–Trinajstić information content (AvgIpc) is 2.44. The van der Waals surface area contributed by atoms with Gasteiger partial charge in [-0.15, -0.1) is 0 Å². The summed E-state index contributed by atoms with van der Waals surface area (Å²) in [5.41, 5.74) is -1.14. The maximum Gasteiger partial charge on any atom is 0.387 e. The van der Waals surface area contributed by atoms with Crippen LogP contribution in [0.1, 0.15) is 6.92 Å². The molecule has 0 saturated heterocycles. The SMILES string of the molecule is C=C(C)C(=O)OC1(F)C(F)C(F)(F)C(F)(F)C(F)(F)C(F)(F)C1(F)F. The van der Waals surface area contributed by atoms with Crippen LogP contribution in [0.3, 0.4) is 0 Å². The van der Waals surface area contributed by atoms with Crippen molar-refractivity contribution in [3.05, 3.63) is 12.2 Å². The van der Waals surface area contributed by atoms with E-state index in [1.807, 2.05) is 0 Å². The molecule has 0 aromatic rings. The van der Waals surface area contributed by atoms with Gasteiger partial charge < -0.3 is 4.74 Å². The van der Waals surface area contributed by atoms with Crippen molar-refractivity contribution >= 4 is 5.97 Å². The molecule has 0 N–H and O–H groups in total. The van der Waals surface area contributed by atoms with Crippen LogP contribution in [0.5, 0.6) is 0 Å². The molecule has 1 rings (SSSR count). The van der Waals surface area contributed by atoms with Crippen molar-refractivity contribution in [3.8, 4) is 0 Å². The molecule has 0 aromatic heterocycles. The topological polar surface area (TPSA) is 26.3 Å². The molecule has 0 amide bonds. The van der Waals surface area contributed by atoms with Crippen molar-refractivity contribution in [1.29, 1.82) is 0 Å². The maximum absolute atomic E-state index is 14.1. The van der Waals surface area contributed by atoms with Crippen molar-refractivity contribution in [3.63, 3.8) is 0 Å². The second-order valence-electron chi connectivity index (χ2n) is 5.10. The Morgan fingerprint density at radius 1 is 0.800 bits per heavy atom. The van der Waals surface area contributed by atoms with E-state index in [9.17, 15) is 57.5 Å². The van der Waals surface area contributed by atoms with Gasteiger partial charge in [-0.2, -0.15) is 48.3 Å². The standard InChI is InChI=1S/C11H6F12O2/c1-3(2)4(24)25-7(15)5(12)6(13,14)8(16,17)10(20,21)11(22,23)9(7,18)19/h5H,1H2,2H3. The molecule has 146 valence electrons. The molecule has 14 heteroatoms. The summed E-state index contributed by atoms with van der Waals surface area (Å²) in [7, 11) is 0. The van der Waals surface area contributed by atoms with Gasteiger partial charge in [-0.1, -0.05) is 6.58 Å². The van der Waals surface area contributed by atoms with E-state index < -0.39 is 53.2 Å². The number of hydrogen-bond donors (Lipinski definition) is 0. The third-order valence-corrected chi connectivity index (χ3v) is 3.26. The fourth-order valence-electron chi connectivity index (χ4n) is 1.71. The lowest BCUT2D eigenvalue weighted by atomic mass is 9.98. The predicted octanol–water partition coefficient (Wildman–Crippen LogP) is 4.30. The van der Waals surface area contributed by atoms with Gasteiger partial charge in [0.2, 0.25) is 6.17 Å². The van der Waals surface area contributed by atoms with Crippen LogP contribution in [-0.4, -0.2) is 47.6 Å². The quantitative estimate of drug-likeness (QED) is 0.300. The van der Waals surface area contributed by atoms with Gasteiger partial charge in [0, 0.05) is 5.57 Å². The van der Waals surface area contributed by atoms with E-state index in [0.717, 1.165) is 0 Å². The lowest BCUT2D eigenvalue weighted by Crippen LogP contribution is -2.67. The fraction of sp³-hybridized carbons (Fsp3) is 0.727. The van der Waals surface area contributed by atoms with Gasteiger partial charge in [-0.3, -0.25) is 0 Å². The first-order valence-corrected chi connectivity index (χ1v) is 5.84. The van der Waals surface area contributed by atoms with E-state index in [2.05, 4.69) is 11.3 Å². The Kier molecular flexibility index (Phi) is 4.44. The summed E-state index contributed by atoms with van der Waals surface area (Å²) in [5.74, 6) is -46.2. The summed E-state index contributed by atoms with van der Waals surface area (Å²) >= 11 is 0. The molecule has 0 aliphatic heterocycles. The number of ether oxygens (including phenoxy) is 1. The second kappa shape index (κ2) is 5.19. The molecule has 1 aliphatic carbocycles. The number of hydrogen-bond acceptors (Lipinski definition) is 2. The number of carbonyl (C=O) groups is 1. The number of rotatable bonds is 2. The van der Waals surface area contributed by atoms with Crippen molar-refractivity contribution in [1.82, 2.24) is 0 Å². The van der Waals surface area contributed by atoms with Crippen LogP contribution in [0, 0.1) is 0 Å². The van der Waals surface area contributed by atoms with Crippen molar-refractivity contribution in [2.24, 2.45) is 0 Å². The molecule has 0 aromatic carbocycles. The summed E-state index contributed by atoms with van der Waals surface area (Å²) < 4.78 is 163. The van der Waals surface area contributed by atoms with Crippen LogP contribution in [0.4, 0.5) is 52.7 Å². The Hall–Kier alpha value is -1.63. The number of alkyl halides is 12. The van der Waals surface area contributed by atoms with Crippen LogP contribution in [-0.2, 0) is 9.53 Å². The zero-order valence-electron chi connectivity index (χ0n) is 11.6. The Labute approximate surface area is 130 Å². The van der Waals surface area contributed by atoms with Gasteiger partial charge in [-0.05, 0) is 6.92 Å². The maximum atomic E-state index is 14.1. The zero-order chi connectivity index (χ0) is 20.4. The fourth-order valence-corrected chi connectivity index (χ4v) is 1.71. The van der Waals surface area contributed by atoms with Crippen LogP contribution >= 0.6 is 0 Å². The Balaban J connectivity index is 3.86. The molecular weight excluding hydrogens is 392 g/mol. The largest absolute Gasteiger partial charge is 0.415 e. The van der Waals surface area contributed by atoms with Crippen LogP contribution in [0.25, 0.3) is 0 Å². The molecule has 0 radical (unpaired) electrons. The van der Waals surface area contributed by atoms with E-state index in [0.29, 0.717) is 6.92 Å². The first-order chi connectivity index (χ1) is 10.7. The smallest absolute Gasteiger partial charge is 0.387 e. The Morgan fingerprint density at radius 2 is 1.16 bits per heavy atom. The number of esters is 1. The van der Waals surface area contributed by atoms with Crippen molar-refractivity contribution in [2.45, 2.75) is 48.6 Å². The highest BCUT2D eigenvalue weighted by Gasteiger charge is 2.98. The van der Waals surface area contributed by atoms with Gasteiger partial charge in [0.1, 0.15) is 0 Å². The highest BCUT2D eigenvalue weighted by atomic mass is 19.4. The molecule has 1 saturated carbocycles. The molecule has 0 spiro atoms. The minimum atomic E-state index is -7.62. The van der Waals surface area contributed by atoms with Crippen molar-refractivity contribution < 1.29 is 62.2 Å². The van der Waals surface area contributed by atoms with Crippen LogP contribution in [0.2, 0.25) is 0 Å². The highest BCUT2D eigenvalue weighted by Crippen LogP contribution is 2.66. The summed E-state index contributed by atoms with van der Waals surface area (Å²) in [6, 6.07) is 0. The lowest BCUT2D eigenvalue weighted by molar-refractivity contribution is -0.403. The molecule has 1 fully saturated rings. The van der Waals surface area contributed by atoms with Crippen molar-refractivity contribution in [2.75, 3.05) is 0 Å². The first kappa shape index (κ1) is 21.4. The highest BCUT2D eigenvalue weighted by molar-refractivity contribution is 5.87. The van der Waals surface area contributed by atoms with Gasteiger partial charge in [0.25, 0.3) is 0 Å². The minimum Gasteiger partial charge on any atom is -0.415 e. The zero-order valence-corrected chi connectivity index (χ0v) is 11.6. The molecule has 1 aliphatic rings. The lowest BCUT2D eigenvalue weighted by Gasteiger charge is -2.37. The third kappa shape index (κ3) is 2.24. The van der Waals surface area contributed by atoms with Gasteiger partial charge in [0.15, 0.2) is 0 Å². The number of carbonyl (C=O) groups excluding carboxylic acids is 1. The monoisotopic (exact) mass is 398 g/mol. The summed E-state index contributed by atoms with van der Waals surface area (Å²) in [6.07, 6.45) is -5.78. The molecule has 0 bridgehead atoms. The van der Waals surface area contributed by atoms with E-state index >= 15 is 0 Å².